The van der Waals surface area contributed by atoms with Gasteiger partial charge in [-0.2, -0.15) is 8.78 Å². The molecule has 1 aromatic rings. The highest BCUT2D eigenvalue weighted by atomic mass is 19.3. The number of carbonyl (C=O) groups excluding carboxylic acids is 1. The lowest BCUT2D eigenvalue weighted by Gasteiger charge is -2.33. The molecule has 5 nitrogen and oxygen atoms in total. The lowest BCUT2D eigenvalue weighted by Crippen LogP contribution is -2.52. The lowest BCUT2D eigenvalue weighted by molar-refractivity contribution is -0.122. The zero-order valence-electron chi connectivity index (χ0n) is 13.2. The van der Waals surface area contributed by atoms with Crippen molar-refractivity contribution < 1.29 is 18.3 Å². The van der Waals surface area contributed by atoms with E-state index in [0.717, 1.165) is 25.2 Å². The van der Waals surface area contributed by atoms with Crippen LogP contribution in [0, 0.1) is 0 Å². The molecule has 1 heterocycles. The average Bonchev–Trinajstić information content (AvgIpc) is 2.51. The average molecular weight is 327 g/mol. The summed E-state index contributed by atoms with van der Waals surface area (Å²) in [6, 6.07) is 6.82. The van der Waals surface area contributed by atoms with Gasteiger partial charge in [0.05, 0.1) is 6.54 Å². The van der Waals surface area contributed by atoms with Crippen LogP contribution in [-0.2, 0) is 11.2 Å². The molecule has 1 atom stereocenters. The number of nitrogens with one attached hydrogen (secondary N) is 2. The molecule has 7 heteroatoms. The van der Waals surface area contributed by atoms with Crippen molar-refractivity contribution in [2.45, 2.75) is 26.0 Å². The van der Waals surface area contributed by atoms with Crippen molar-refractivity contribution in [2.24, 2.45) is 0 Å². The topological polar surface area (TPSA) is 53.6 Å². The van der Waals surface area contributed by atoms with E-state index in [-0.39, 0.29) is 11.7 Å². The first-order chi connectivity index (χ1) is 11.0. The summed E-state index contributed by atoms with van der Waals surface area (Å²) in [5.41, 5.74) is 0.961. The van der Waals surface area contributed by atoms with Crippen molar-refractivity contribution in [3.05, 3.63) is 29.8 Å². The molecule has 1 aliphatic rings. The Hall–Kier alpha value is -1.73. The summed E-state index contributed by atoms with van der Waals surface area (Å²) < 4.78 is 28.4. The van der Waals surface area contributed by atoms with Gasteiger partial charge in [0.2, 0.25) is 5.91 Å². The predicted octanol–water partition coefficient (Wildman–Crippen LogP) is 1.24. The SMILES string of the molecule is C[C@@H]1CNCCN1CC(=O)NCCc1ccc(OC(F)F)cc1. The number of rotatable bonds is 7. The molecule has 0 aliphatic carbocycles. The molecule has 0 unspecified atom stereocenters. The van der Waals surface area contributed by atoms with Crippen LogP contribution in [0.15, 0.2) is 24.3 Å². The van der Waals surface area contributed by atoms with Crippen LogP contribution in [-0.4, -0.2) is 56.2 Å². The number of nitrogens with zero attached hydrogens (tertiary/aromatic N) is 1. The smallest absolute Gasteiger partial charge is 0.387 e. The zero-order valence-corrected chi connectivity index (χ0v) is 13.2. The second-order valence-electron chi connectivity index (χ2n) is 5.65. The molecule has 0 saturated carbocycles. The minimum absolute atomic E-state index is 0.0106. The highest BCUT2D eigenvalue weighted by molar-refractivity contribution is 5.78. The molecular formula is C16H23F2N3O2. The monoisotopic (exact) mass is 327 g/mol. The van der Waals surface area contributed by atoms with Crippen LogP contribution in [0.25, 0.3) is 0 Å². The van der Waals surface area contributed by atoms with Gasteiger partial charge in [-0.25, -0.2) is 0 Å². The van der Waals surface area contributed by atoms with Crippen LogP contribution in [0.3, 0.4) is 0 Å². The zero-order chi connectivity index (χ0) is 16.7. The Labute approximate surface area is 135 Å². The fraction of sp³-hybridized carbons (Fsp3) is 0.562. The van der Waals surface area contributed by atoms with E-state index in [9.17, 15) is 13.6 Å². The molecule has 1 fully saturated rings. The number of halogens is 2. The molecule has 0 spiro atoms. The number of piperazine rings is 1. The molecule has 1 aromatic carbocycles. The Balaban J connectivity index is 1.68. The van der Waals surface area contributed by atoms with Crippen molar-refractivity contribution in [1.29, 1.82) is 0 Å². The quantitative estimate of drug-likeness (QED) is 0.791. The highest BCUT2D eigenvalue weighted by Gasteiger charge is 2.19. The first kappa shape index (κ1) is 17.6. The van der Waals surface area contributed by atoms with Crippen molar-refractivity contribution >= 4 is 5.91 Å². The molecule has 23 heavy (non-hydrogen) atoms. The largest absolute Gasteiger partial charge is 0.435 e. The van der Waals surface area contributed by atoms with Gasteiger partial charge in [0.15, 0.2) is 0 Å². The van der Waals surface area contributed by atoms with Gasteiger partial charge in [0.25, 0.3) is 0 Å². The summed E-state index contributed by atoms with van der Waals surface area (Å²) in [6.45, 7) is 2.90. The van der Waals surface area contributed by atoms with Gasteiger partial charge >= 0.3 is 6.61 Å². The third-order valence-electron chi connectivity index (χ3n) is 3.87. The number of hydrogen-bond acceptors (Lipinski definition) is 4. The van der Waals surface area contributed by atoms with Gasteiger partial charge in [-0.05, 0) is 31.0 Å². The molecule has 2 N–H and O–H groups in total. The van der Waals surface area contributed by atoms with Crippen molar-refractivity contribution in [1.82, 2.24) is 15.5 Å². The Kier molecular flexibility index (Phi) is 6.73. The normalized spacial score (nSPS) is 18.9. The van der Waals surface area contributed by atoms with Crippen LogP contribution in [0.1, 0.15) is 12.5 Å². The van der Waals surface area contributed by atoms with Gasteiger partial charge in [-0.15, -0.1) is 0 Å². The van der Waals surface area contributed by atoms with Crippen molar-refractivity contribution in [3.63, 3.8) is 0 Å². The summed E-state index contributed by atoms with van der Waals surface area (Å²) in [4.78, 5) is 14.1. The Morgan fingerprint density at radius 2 is 2.17 bits per heavy atom. The number of carbonyl (C=O) groups is 1. The van der Waals surface area contributed by atoms with Gasteiger partial charge in [0, 0.05) is 32.2 Å². The van der Waals surface area contributed by atoms with Crippen LogP contribution < -0.4 is 15.4 Å². The molecule has 2 rings (SSSR count). The summed E-state index contributed by atoms with van der Waals surface area (Å²) in [7, 11) is 0. The van der Waals surface area contributed by atoms with Gasteiger partial charge in [-0.3, -0.25) is 9.69 Å². The van der Waals surface area contributed by atoms with Gasteiger partial charge in [-0.1, -0.05) is 12.1 Å². The molecular weight excluding hydrogens is 304 g/mol. The molecule has 1 amide bonds. The Morgan fingerprint density at radius 3 is 2.83 bits per heavy atom. The third-order valence-corrected chi connectivity index (χ3v) is 3.87. The molecule has 0 bridgehead atoms. The minimum Gasteiger partial charge on any atom is -0.435 e. The van der Waals surface area contributed by atoms with Gasteiger partial charge in [0.1, 0.15) is 5.75 Å². The number of ether oxygens (including phenoxy) is 1. The summed E-state index contributed by atoms with van der Waals surface area (Å²) in [6.07, 6.45) is 0.651. The van der Waals surface area contributed by atoms with Gasteiger partial charge < -0.3 is 15.4 Å². The minimum atomic E-state index is -2.81. The fourth-order valence-electron chi connectivity index (χ4n) is 2.54. The predicted molar refractivity (Wildman–Crippen MR) is 83.7 cm³/mol. The third kappa shape index (κ3) is 6.11. The van der Waals surface area contributed by atoms with Crippen LogP contribution >= 0.6 is 0 Å². The molecule has 0 aromatic heterocycles. The first-order valence-corrected chi connectivity index (χ1v) is 7.80. The summed E-state index contributed by atoms with van der Waals surface area (Å²) in [5.74, 6) is 0.150. The number of hydrogen-bond donors (Lipinski definition) is 2. The number of amides is 1. The molecule has 1 aliphatic heterocycles. The second kappa shape index (κ2) is 8.79. The summed E-state index contributed by atoms with van der Waals surface area (Å²) in [5, 5.41) is 6.18. The highest BCUT2D eigenvalue weighted by Crippen LogP contribution is 2.14. The molecule has 128 valence electrons. The van der Waals surface area contributed by atoms with E-state index in [0.29, 0.717) is 25.6 Å². The van der Waals surface area contributed by atoms with Crippen molar-refractivity contribution in [2.75, 3.05) is 32.7 Å². The first-order valence-electron chi connectivity index (χ1n) is 7.80. The van der Waals surface area contributed by atoms with E-state index < -0.39 is 6.61 Å². The summed E-state index contributed by atoms with van der Waals surface area (Å²) >= 11 is 0. The van der Waals surface area contributed by atoms with Crippen LogP contribution in [0.5, 0.6) is 5.75 Å². The van der Waals surface area contributed by atoms with Crippen LogP contribution in [0.2, 0.25) is 0 Å². The van der Waals surface area contributed by atoms with E-state index >= 15 is 0 Å². The van der Waals surface area contributed by atoms with E-state index in [1.165, 1.54) is 12.1 Å². The second-order valence-corrected chi connectivity index (χ2v) is 5.65. The van der Waals surface area contributed by atoms with Crippen molar-refractivity contribution in [3.8, 4) is 5.75 Å². The fourth-order valence-corrected chi connectivity index (χ4v) is 2.54. The van der Waals surface area contributed by atoms with E-state index in [1.54, 1.807) is 12.1 Å². The lowest BCUT2D eigenvalue weighted by atomic mass is 10.1. The number of benzene rings is 1. The van der Waals surface area contributed by atoms with Crippen LogP contribution in [0.4, 0.5) is 8.78 Å². The van der Waals surface area contributed by atoms with E-state index in [4.69, 9.17) is 0 Å². The molecule has 1 saturated heterocycles. The Bertz CT molecular complexity index is 497. The maximum atomic E-state index is 12.1. The van der Waals surface area contributed by atoms with E-state index in [2.05, 4.69) is 27.2 Å². The number of alkyl halides is 2. The maximum Gasteiger partial charge on any atom is 0.387 e. The molecule has 0 radical (unpaired) electrons. The standard InChI is InChI=1S/C16H23F2N3O2/c1-12-10-19-8-9-21(12)11-15(22)20-7-6-13-2-4-14(5-3-13)23-16(17)18/h2-5,12,16,19H,6-11H2,1H3,(H,20,22)/t12-/m1/s1. The Morgan fingerprint density at radius 1 is 1.43 bits per heavy atom. The van der Waals surface area contributed by atoms with E-state index in [1.807, 2.05) is 0 Å². The maximum absolute atomic E-state index is 12.1.